The molecule has 0 unspecified atom stereocenters. The summed E-state index contributed by atoms with van der Waals surface area (Å²) in [5.41, 5.74) is 0. The van der Waals surface area contributed by atoms with E-state index in [0.717, 1.165) is 44.9 Å². The summed E-state index contributed by atoms with van der Waals surface area (Å²) in [6.45, 7) is 15.2. The number of rotatable bonds is 19. The Labute approximate surface area is 326 Å². The number of likely N-dealkylation sites (tertiary alicyclic amines) is 1. The maximum atomic E-state index is 13.9. The van der Waals surface area contributed by atoms with Crippen molar-refractivity contribution in [1.82, 2.24) is 26.2 Å². The molecule has 0 aromatic rings. The van der Waals surface area contributed by atoms with Crippen LogP contribution in [0.1, 0.15) is 170 Å². The highest BCUT2D eigenvalue weighted by atomic mass is 16.5. The van der Waals surface area contributed by atoms with Gasteiger partial charge in [-0.3, -0.25) is 24.0 Å². The Hall–Kier alpha value is -3.18. The molecule has 0 spiro atoms. The van der Waals surface area contributed by atoms with Gasteiger partial charge in [0.25, 0.3) is 0 Å². The zero-order valence-electron chi connectivity index (χ0n) is 34.8. The van der Waals surface area contributed by atoms with Gasteiger partial charge in [0.15, 0.2) is 0 Å². The number of hydrogen-bond acceptors (Lipinski definition) is 7. The van der Waals surface area contributed by atoms with E-state index in [9.17, 15) is 28.8 Å². The first-order valence-electron chi connectivity index (χ1n) is 21.4. The molecule has 2 aliphatic heterocycles. The molecule has 5 atom stereocenters. The second-order valence-electron chi connectivity index (χ2n) is 17.1. The van der Waals surface area contributed by atoms with Crippen LogP contribution in [0.2, 0.25) is 0 Å². The number of nitrogens with one attached hydrogen (secondary N) is 4. The Bertz CT molecular complexity index is 1170. The van der Waals surface area contributed by atoms with Crippen LogP contribution >= 0.6 is 0 Å². The Morgan fingerprint density at radius 1 is 0.611 bits per heavy atom. The summed E-state index contributed by atoms with van der Waals surface area (Å²) in [6.07, 6.45) is 13.6. The molecule has 0 bridgehead atoms. The quantitative estimate of drug-likeness (QED) is 0.0914. The van der Waals surface area contributed by atoms with E-state index in [-0.39, 0.29) is 42.9 Å². The first-order chi connectivity index (χ1) is 25.7. The summed E-state index contributed by atoms with van der Waals surface area (Å²) in [5.74, 6) is -2.66. The molecule has 0 radical (unpaired) electrons. The molecule has 0 saturated carbocycles. The molecule has 310 valence electrons. The fraction of sp³-hybridized carbons (Fsp3) is 0.857. The van der Waals surface area contributed by atoms with Gasteiger partial charge in [-0.15, -0.1) is 0 Å². The van der Waals surface area contributed by atoms with E-state index in [2.05, 4.69) is 28.2 Å². The number of amides is 5. The van der Waals surface area contributed by atoms with Crippen LogP contribution in [0.5, 0.6) is 0 Å². The van der Waals surface area contributed by atoms with Crippen molar-refractivity contribution in [3.8, 4) is 0 Å². The Kier molecular flexibility index (Phi) is 22.5. The van der Waals surface area contributed by atoms with Crippen LogP contribution in [0.4, 0.5) is 0 Å². The van der Waals surface area contributed by atoms with Crippen molar-refractivity contribution in [2.75, 3.05) is 13.1 Å². The van der Waals surface area contributed by atoms with E-state index in [1.165, 1.54) is 32.1 Å². The largest absolute Gasteiger partial charge is 0.460 e. The van der Waals surface area contributed by atoms with Crippen molar-refractivity contribution < 1.29 is 33.5 Å². The molecule has 2 rings (SSSR count). The maximum absolute atomic E-state index is 13.9. The number of cyclic esters (lactones) is 1. The standard InChI is InChI=1S/C42H75N5O7/c1-8-9-10-11-12-13-14-15-17-20-32-28-37(48)43-33(21-22-38(49)47-23-18-16-19-24-47)39(50)44-34(25-29(2)3)40(51)45-35(26-30(4)5)41(52)46-36(27-31(6)7)42(53)54-32/h29-36H,8-28H2,1-7H3,(H,43,48)(H,44,50)(H,45,51)(H,46,52)/t32-,33+,34+,35-,36+/m1/s1. The summed E-state index contributed by atoms with van der Waals surface area (Å²) >= 11 is 0. The number of unbranched alkanes of at least 4 members (excludes halogenated alkanes) is 8. The van der Waals surface area contributed by atoms with E-state index < -0.39 is 59.9 Å². The van der Waals surface area contributed by atoms with Gasteiger partial charge in [-0.25, -0.2) is 4.79 Å². The minimum atomic E-state index is -1.09. The molecule has 4 N–H and O–H groups in total. The second-order valence-corrected chi connectivity index (χ2v) is 17.1. The first-order valence-corrected chi connectivity index (χ1v) is 21.4. The van der Waals surface area contributed by atoms with Gasteiger partial charge in [0.2, 0.25) is 29.5 Å². The maximum Gasteiger partial charge on any atom is 0.328 e. The normalized spacial score (nSPS) is 23.9. The van der Waals surface area contributed by atoms with Crippen LogP contribution in [-0.4, -0.2) is 83.8 Å². The lowest BCUT2D eigenvalue weighted by Gasteiger charge is -2.30. The van der Waals surface area contributed by atoms with Crippen molar-refractivity contribution >= 4 is 35.5 Å². The van der Waals surface area contributed by atoms with E-state index in [1.54, 1.807) is 0 Å². The molecule has 2 fully saturated rings. The van der Waals surface area contributed by atoms with Gasteiger partial charge in [-0.1, -0.05) is 99.8 Å². The van der Waals surface area contributed by atoms with E-state index in [0.29, 0.717) is 38.8 Å². The van der Waals surface area contributed by atoms with Crippen LogP contribution in [0.25, 0.3) is 0 Å². The number of ether oxygens (including phenoxy) is 1. The zero-order chi connectivity index (χ0) is 40.0. The number of nitrogens with zero attached hydrogens (tertiary/aromatic N) is 1. The summed E-state index contributed by atoms with van der Waals surface area (Å²) in [5, 5.41) is 11.4. The predicted octanol–water partition coefficient (Wildman–Crippen LogP) is 6.09. The monoisotopic (exact) mass is 762 g/mol. The third-order valence-corrected chi connectivity index (χ3v) is 10.3. The summed E-state index contributed by atoms with van der Waals surface area (Å²) < 4.78 is 6.03. The van der Waals surface area contributed by atoms with Crippen LogP contribution in [0.3, 0.4) is 0 Å². The highest BCUT2D eigenvalue weighted by Gasteiger charge is 2.35. The molecule has 2 aliphatic rings. The van der Waals surface area contributed by atoms with Crippen molar-refractivity contribution in [3.63, 3.8) is 0 Å². The summed E-state index contributed by atoms with van der Waals surface area (Å²) in [4.78, 5) is 84.1. The average molecular weight is 762 g/mol. The van der Waals surface area contributed by atoms with Gasteiger partial charge >= 0.3 is 5.97 Å². The fourth-order valence-corrected chi connectivity index (χ4v) is 7.34. The number of carbonyl (C=O) groups is 6. The molecule has 0 aromatic carbocycles. The van der Waals surface area contributed by atoms with Gasteiger partial charge in [-0.2, -0.15) is 0 Å². The van der Waals surface area contributed by atoms with Crippen molar-refractivity contribution in [3.05, 3.63) is 0 Å². The highest BCUT2D eigenvalue weighted by Crippen LogP contribution is 2.19. The van der Waals surface area contributed by atoms with E-state index >= 15 is 0 Å². The first kappa shape index (κ1) is 47.0. The molecule has 0 aromatic heterocycles. The molecule has 5 amide bonds. The second kappa shape index (κ2) is 25.8. The van der Waals surface area contributed by atoms with Crippen molar-refractivity contribution in [2.24, 2.45) is 17.8 Å². The minimum Gasteiger partial charge on any atom is -0.460 e. The summed E-state index contributed by atoms with van der Waals surface area (Å²) in [6, 6.07) is -3.99. The number of carbonyl (C=O) groups excluding carboxylic acids is 6. The SMILES string of the molecule is CCCCCCCCCCC[C@@H]1CC(=O)N[C@@H](CCC(=O)N2CCCCC2)C(=O)N[C@@H](CC(C)C)C(=O)N[C@H](CC(C)C)C(=O)N[C@@H](CC(C)C)C(=O)O1. The predicted molar refractivity (Wildman–Crippen MR) is 212 cm³/mol. The zero-order valence-corrected chi connectivity index (χ0v) is 34.8. The summed E-state index contributed by atoms with van der Waals surface area (Å²) in [7, 11) is 0. The smallest absolute Gasteiger partial charge is 0.328 e. The highest BCUT2D eigenvalue weighted by molar-refractivity contribution is 5.95. The molecule has 12 heteroatoms. The van der Waals surface area contributed by atoms with Gasteiger partial charge in [0.05, 0.1) is 6.42 Å². The topological polar surface area (TPSA) is 163 Å². The van der Waals surface area contributed by atoms with Gasteiger partial charge in [-0.05, 0) is 75.5 Å². The fourth-order valence-electron chi connectivity index (χ4n) is 7.34. The average Bonchev–Trinajstić information content (AvgIpc) is 3.10. The van der Waals surface area contributed by atoms with Crippen LogP contribution < -0.4 is 21.3 Å². The van der Waals surface area contributed by atoms with Gasteiger partial charge in [0.1, 0.15) is 30.3 Å². The molecular weight excluding hydrogens is 686 g/mol. The van der Waals surface area contributed by atoms with Crippen LogP contribution in [0.15, 0.2) is 0 Å². The number of piperidine rings is 1. The Morgan fingerprint density at radius 3 is 1.59 bits per heavy atom. The van der Waals surface area contributed by atoms with Gasteiger partial charge in [0, 0.05) is 19.5 Å². The molecule has 2 heterocycles. The molecular formula is C42H75N5O7. The molecule has 2 saturated heterocycles. The lowest BCUT2D eigenvalue weighted by molar-refractivity contribution is -0.155. The lowest BCUT2D eigenvalue weighted by atomic mass is 9.98. The molecule has 0 aliphatic carbocycles. The Balaban J connectivity index is 2.40. The van der Waals surface area contributed by atoms with Crippen LogP contribution in [0, 0.1) is 17.8 Å². The van der Waals surface area contributed by atoms with E-state index in [1.807, 2.05) is 46.4 Å². The number of hydrogen-bond donors (Lipinski definition) is 4. The third kappa shape index (κ3) is 18.9. The lowest BCUT2D eigenvalue weighted by Crippen LogP contribution is -2.58. The van der Waals surface area contributed by atoms with Crippen molar-refractivity contribution in [1.29, 1.82) is 0 Å². The van der Waals surface area contributed by atoms with Crippen molar-refractivity contribution in [2.45, 2.75) is 201 Å². The van der Waals surface area contributed by atoms with E-state index in [4.69, 9.17) is 4.74 Å². The van der Waals surface area contributed by atoms with Gasteiger partial charge < -0.3 is 30.9 Å². The Morgan fingerprint density at radius 2 is 1.07 bits per heavy atom. The molecule has 12 nitrogen and oxygen atoms in total. The molecule has 54 heavy (non-hydrogen) atoms. The van der Waals surface area contributed by atoms with Crippen LogP contribution in [-0.2, 0) is 33.5 Å². The minimum absolute atomic E-state index is 0.0183. The number of esters is 1. The third-order valence-electron chi connectivity index (χ3n) is 10.3.